The van der Waals surface area contributed by atoms with Crippen LogP contribution in [0, 0.1) is 16.0 Å². The summed E-state index contributed by atoms with van der Waals surface area (Å²) in [4.78, 5) is 37.0. The first-order valence-electron chi connectivity index (χ1n) is 8.44. The van der Waals surface area contributed by atoms with E-state index in [-0.39, 0.29) is 11.4 Å². The fraction of sp³-hybridized carbons (Fsp3) is 0.200. The zero-order valence-corrected chi connectivity index (χ0v) is 15.3. The number of hydrogen-bond acceptors (Lipinski definition) is 7. The monoisotopic (exact) mass is 382 g/mol. The summed E-state index contributed by atoms with van der Waals surface area (Å²) in [6.45, 7) is 0. The van der Waals surface area contributed by atoms with Gasteiger partial charge >= 0.3 is 11.9 Å². The molecular formula is C20H18N2O6. The van der Waals surface area contributed by atoms with Gasteiger partial charge in [-0.15, -0.1) is 0 Å². The highest BCUT2D eigenvalue weighted by Gasteiger charge is 2.43. The highest BCUT2D eigenvalue weighted by Crippen LogP contribution is 2.43. The van der Waals surface area contributed by atoms with Gasteiger partial charge in [0.05, 0.1) is 25.2 Å². The molecule has 8 nitrogen and oxygen atoms in total. The Morgan fingerprint density at radius 3 is 2.18 bits per heavy atom. The zero-order chi connectivity index (χ0) is 20.3. The van der Waals surface area contributed by atoms with Gasteiger partial charge in [0.15, 0.2) is 0 Å². The van der Waals surface area contributed by atoms with Crippen molar-refractivity contribution in [1.29, 1.82) is 0 Å². The second kappa shape index (κ2) is 7.91. The van der Waals surface area contributed by atoms with E-state index in [2.05, 4.69) is 0 Å². The van der Waals surface area contributed by atoms with Gasteiger partial charge in [-0.2, -0.15) is 0 Å². The predicted octanol–water partition coefficient (Wildman–Crippen LogP) is 3.00. The molecule has 0 aromatic heterocycles. The van der Waals surface area contributed by atoms with Crippen LogP contribution in [-0.2, 0) is 19.1 Å². The predicted molar refractivity (Wildman–Crippen MR) is 100 cm³/mol. The Balaban J connectivity index is 2.14. The molecule has 0 amide bonds. The first-order chi connectivity index (χ1) is 13.5. The second-order valence-corrected chi connectivity index (χ2v) is 6.09. The zero-order valence-electron chi connectivity index (χ0n) is 15.3. The normalized spacial score (nSPS) is 18.4. The molecule has 144 valence electrons. The number of anilines is 1. The first kappa shape index (κ1) is 19.1. The van der Waals surface area contributed by atoms with E-state index in [4.69, 9.17) is 9.47 Å². The van der Waals surface area contributed by atoms with Gasteiger partial charge in [-0.05, 0) is 23.8 Å². The van der Waals surface area contributed by atoms with E-state index >= 15 is 0 Å². The van der Waals surface area contributed by atoms with Crippen LogP contribution in [0.1, 0.15) is 11.6 Å². The van der Waals surface area contributed by atoms with Crippen LogP contribution in [0.5, 0.6) is 0 Å². The molecule has 8 heteroatoms. The van der Waals surface area contributed by atoms with Gasteiger partial charge < -0.3 is 14.4 Å². The molecule has 0 bridgehead atoms. The fourth-order valence-electron chi connectivity index (χ4n) is 3.30. The lowest BCUT2D eigenvalue weighted by Crippen LogP contribution is -2.32. The van der Waals surface area contributed by atoms with Crippen molar-refractivity contribution in [1.82, 2.24) is 0 Å². The smallest absolute Gasteiger partial charge is 0.354 e. The third-order valence-corrected chi connectivity index (χ3v) is 4.56. The largest absolute Gasteiger partial charge is 0.468 e. The van der Waals surface area contributed by atoms with E-state index in [1.165, 1.54) is 44.6 Å². The standard InChI is InChI=1S/C20H18N2O6/c1-27-19(23)16-12-17(20(24)28-2)21(18(16)13-6-4-3-5-7-13)14-8-10-15(11-9-14)22(25)26/h3-12,16,18H,1-2H3/t16-,18+/m0/s1. The quantitative estimate of drug-likeness (QED) is 0.445. The lowest BCUT2D eigenvalue weighted by atomic mass is 9.94. The Bertz CT molecular complexity index is 923. The van der Waals surface area contributed by atoms with Crippen LogP contribution in [0.3, 0.4) is 0 Å². The molecule has 0 fully saturated rings. The molecule has 0 saturated carbocycles. The van der Waals surface area contributed by atoms with Crippen molar-refractivity contribution in [3.05, 3.63) is 82.0 Å². The summed E-state index contributed by atoms with van der Waals surface area (Å²) in [5.41, 5.74) is 1.39. The number of nitro groups is 1. The van der Waals surface area contributed by atoms with Gasteiger partial charge in [0, 0.05) is 17.8 Å². The SMILES string of the molecule is COC(=O)C1=C[C@H](C(=O)OC)[C@@H](c2ccccc2)N1c1ccc([N+](=O)[O-])cc1. The third-order valence-electron chi connectivity index (χ3n) is 4.56. The van der Waals surface area contributed by atoms with E-state index in [0.717, 1.165) is 5.56 Å². The topological polar surface area (TPSA) is 99.0 Å². The van der Waals surface area contributed by atoms with Crippen LogP contribution in [0.15, 0.2) is 66.4 Å². The number of carbonyl (C=O) groups is 2. The van der Waals surface area contributed by atoms with Crippen LogP contribution in [0.25, 0.3) is 0 Å². The van der Waals surface area contributed by atoms with Crippen LogP contribution in [-0.4, -0.2) is 31.1 Å². The number of nitro benzene ring substituents is 1. The van der Waals surface area contributed by atoms with Gasteiger partial charge in [-0.25, -0.2) is 4.79 Å². The lowest BCUT2D eigenvalue weighted by Gasteiger charge is -2.31. The molecule has 0 spiro atoms. The molecule has 1 heterocycles. The molecule has 2 atom stereocenters. The third kappa shape index (κ3) is 3.44. The Kier molecular flexibility index (Phi) is 5.39. The van der Waals surface area contributed by atoms with Crippen molar-refractivity contribution in [2.45, 2.75) is 6.04 Å². The average Bonchev–Trinajstić information content (AvgIpc) is 3.13. The van der Waals surface area contributed by atoms with Gasteiger partial charge in [0.25, 0.3) is 5.69 Å². The second-order valence-electron chi connectivity index (χ2n) is 6.09. The number of esters is 2. The molecule has 3 rings (SSSR count). The number of methoxy groups -OCH3 is 2. The van der Waals surface area contributed by atoms with E-state index in [9.17, 15) is 19.7 Å². The van der Waals surface area contributed by atoms with Crippen molar-refractivity contribution >= 4 is 23.3 Å². The maximum atomic E-state index is 12.4. The summed E-state index contributed by atoms with van der Waals surface area (Å²) < 4.78 is 9.82. The summed E-state index contributed by atoms with van der Waals surface area (Å²) in [7, 11) is 2.53. The highest BCUT2D eigenvalue weighted by molar-refractivity contribution is 5.96. The maximum Gasteiger partial charge on any atom is 0.354 e. The lowest BCUT2D eigenvalue weighted by molar-refractivity contribution is -0.384. The summed E-state index contributed by atoms with van der Waals surface area (Å²) >= 11 is 0. The number of carbonyl (C=O) groups excluding carboxylic acids is 2. The molecule has 0 saturated heterocycles. The number of rotatable bonds is 5. The van der Waals surface area contributed by atoms with E-state index < -0.39 is 28.8 Å². The minimum absolute atomic E-state index is 0.0766. The minimum atomic E-state index is -0.753. The Labute approximate surface area is 161 Å². The van der Waals surface area contributed by atoms with Crippen LogP contribution < -0.4 is 4.90 Å². The Hall–Kier alpha value is -3.68. The molecule has 1 aliphatic rings. The molecular weight excluding hydrogens is 364 g/mol. The van der Waals surface area contributed by atoms with Crippen molar-refractivity contribution in [3.63, 3.8) is 0 Å². The van der Waals surface area contributed by atoms with Crippen molar-refractivity contribution in [2.75, 3.05) is 19.1 Å². The highest BCUT2D eigenvalue weighted by atomic mass is 16.6. The molecule has 1 aliphatic heterocycles. The number of non-ortho nitro benzene ring substituents is 1. The molecule has 0 unspecified atom stereocenters. The summed E-state index contributed by atoms with van der Waals surface area (Å²) in [5, 5.41) is 11.0. The van der Waals surface area contributed by atoms with Crippen molar-refractivity contribution in [3.8, 4) is 0 Å². The number of hydrogen-bond donors (Lipinski definition) is 0. The summed E-state index contributed by atoms with van der Waals surface area (Å²) in [6, 6.07) is 14.4. The summed E-state index contributed by atoms with van der Waals surface area (Å²) in [5.74, 6) is -1.87. The maximum absolute atomic E-state index is 12.4. The molecule has 0 radical (unpaired) electrons. The Morgan fingerprint density at radius 1 is 1.00 bits per heavy atom. The van der Waals surface area contributed by atoms with Crippen LogP contribution >= 0.6 is 0 Å². The number of ether oxygens (including phenoxy) is 2. The van der Waals surface area contributed by atoms with Gasteiger partial charge in [-0.1, -0.05) is 30.3 Å². The van der Waals surface area contributed by atoms with Gasteiger partial charge in [0.2, 0.25) is 0 Å². The van der Waals surface area contributed by atoms with Crippen LogP contribution in [0.4, 0.5) is 11.4 Å². The average molecular weight is 382 g/mol. The molecule has 0 aliphatic carbocycles. The number of benzene rings is 2. The summed E-state index contributed by atoms with van der Waals surface area (Å²) in [6.07, 6.45) is 1.51. The van der Waals surface area contributed by atoms with Gasteiger partial charge in [0.1, 0.15) is 11.6 Å². The van der Waals surface area contributed by atoms with Crippen LogP contribution in [0.2, 0.25) is 0 Å². The molecule has 28 heavy (non-hydrogen) atoms. The van der Waals surface area contributed by atoms with Gasteiger partial charge in [-0.3, -0.25) is 14.9 Å². The minimum Gasteiger partial charge on any atom is -0.468 e. The molecule has 0 N–H and O–H groups in total. The first-order valence-corrected chi connectivity index (χ1v) is 8.44. The van der Waals surface area contributed by atoms with E-state index in [1.54, 1.807) is 4.90 Å². The van der Waals surface area contributed by atoms with Crippen molar-refractivity contribution < 1.29 is 24.0 Å². The Morgan fingerprint density at radius 2 is 1.64 bits per heavy atom. The fourth-order valence-corrected chi connectivity index (χ4v) is 3.30. The molecule has 2 aromatic rings. The van der Waals surface area contributed by atoms with Crippen molar-refractivity contribution in [2.24, 2.45) is 5.92 Å². The number of nitrogens with zero attached hydrogens (tertiary/aromatic N) is 2. The van der Waals surface area contributed by atoms with E-state index in [1.807, 2.05) is 30.3 Å². The van der Waals surface area contributed by atoms with E-state index in [0.29, 0.717) is 5.69 Å². The molecule has 2 aromatic carbocycles.